The van der Waals surface area contributed by atoms with Gasteiger partial charge in [0.05, 0.1) is 5.41 Å². The van der Waals surface area contributed by atoms with Crippen LogP contribution >= 0.6 is 0 Å². The lowest BCUT2D eigenvalue weighted by Crippen LogP contribution is -2.39. The van der Waals surface area contributed by atoms with E-state index in [1.807, 2.05) is 20.8 Å². The van der Waals surface area contributed by atoms with Crippen molar-refractivity contribution in [1.82, 2.24) is 10.4 Å². The quantitative estimate of drug-likeness (QED) is 0.782. The molecule has 0 aromatic heterocycles. The average molecular weight is 282 g/mol. The van der Waals surface area contributed by atoms with Crippen LogP contribution in [0.25, 0.3) is 0 Å². The molecule has 0 radical (unpaired) electrons. The molecule has 1 heterocycles. The number of amides is 1. The highest BCUT2D eigenvalue weighted by Crippen LogP contribution is 2.22. The molecule has 0 atom stereocenters. The van der Waals surface area contributed by atoms with Gasteiger partial charge in [-0.25, -0.2) is 4.79 Å². The number of nitrogens with zero attached hydrogens (tertiary/aromatic N) is 1. The first-order chi connectivity index (χ1) is 9.32. The van der Waals surface area contributed by atoms with Crippen LogP contribution in [0, 0.1) is 11.3 Å². The fraction of sp³-hybridized carbons (Fsp3) is 0.733. The van der Waals surface area contributed by atoms with Crippen molar-refractivity contribution in [1.29, 1.82) is 0 Å². The molecule has 0 aromatic rings. The number of carbonyl (C=O) groups is 2. The molecular weight excluding hydrogens is 256 g/mol. The highest BCUT2D eigenvalue weighted by atomic mass is 16.7. The molecule has 1 fully saturated rings. The van der Waals surface area contributed by atoms with E-state index in [-0.39, 0.29) is 11.9 Å². The van der Waals surface area contributed by atoms with Gasteiger partial charge >= 0.3 is 5.97 Å². The summed E-state index contributed by atoms with van der Waals surface area (Å²) in [7, 11) is 0. The Morgan fingerprint density at radius 1 is 1.35 bits per heavy atom. The average Bonchev–Trinajstić information content (AvgIpc) is 2.39. The van der Waals surface area contributed by atoms with Crippen LogP contribution in [-0.2, 0) is 14.4 Å². The molecule has 0 bridgehead atoms. The van der Waals surface area contributed by atoms with E-state index in [1.54, 1.807) is 5.06 Å². The van der Waals surface area contributed by atoms with Gasteiger partial charge in [-0.3, -0.25) is 4.79 Å². The summed E-state index contributed by atoms with van der Waals surface area (Å²) in [5.41, 5.74) is -0.466. The number of rotatable bonds is 5. The third-order valence-electron chi connectivity index (χ3n) is 3.44. The maximum atomic E-state index is 11.8. The van der Waals surface area contributed by atoms with Gasteiger partial charge in [0.15, 0.2) is 0 Å². The highest BCUT2D eigenvalue weighted by molar-refractivity contribution is 5.86. The molecule has 5 heteroatoms. The van der Waals surface area contributed by atoms with Gasteiger partial charge in [-0.2, -0.15) is 0 Å². The van der Waals surface area contributed by atoms with Gasteiger partial charge in [-0.1, -0.05) is 6.58 Å². The van der Waals surface area contributed by atoms with Gasteiger partial charge in [0, 0.05) is 19.6 Å². The zero-order chi connectivity index (χ0) is 15.2. The van der Waals surface area contributed by atoms with E-state index in [2.05, 4.69) is 11.9 Å². The molecular formula is C15H26N2O3. The molecule has 0 unspecified atom stereocenters. The van der Waals surface area contributed by atoms with Crippen molar-refractivity contribution >= 4 is 11.9 Å². The van der Waals surface area contributed by atoms with E-state index in [0.29, 0.717) is 12.5 Å². The number of hydroxylamine groups is 2. The number of hydrogen-bond acceptors (Lipinski definition) is 4. The summed E-state index contributed by atoms with van der Waals surface area (Å²) in [6.07, 6.45) is 4.22. The van der Waals surface area contributed by atoms with Crippen molar-refractivity contribution in [2.24, 2.45) is 11.3 Å². The lowest BCUT2D eigenvalue weighted by Gasteiger charge is -2.32. The summed E-state index contributed by atoms with van der Waals surface area (Å²) >= 11 is 0. The van der Waals surface area contributed by atoms with Crippen molar-refractivity contribution in [2.45, 2.75) is 40.0 Å². The Morgan fingerprint density at radius 2 is 1.95 bits per heavy atom. The van der Waals surface area contributed by atoms with E-state index in [0.717, 1.165) is 32.4 Å². The smallest absolute Gasteiger partial charge is 0.330 e. The minimum Gasteiger partial charge on any atom is -0.367 e. The van der Waals surface area contributed by atoms with Crippen LogP contribution in [0.3, 0.4) is 0 Å². The second-order valence-electron chi connectivity index (χ2n) is 6.28. The first-order valence-electron chi connectivity index (χ1n) is 7.20. The minimum atomic E-state index is -0.466. The molecule has 0 saturated carbocycles. The summed E-state index contributed by atoms with van der Waals surface area (Å²) in [6.45, 7) is 11.2. The zero-order valence-electron chi connectivity index (χ0n) is 12.8. The van der Waals surface area contributed by atoms with Crippen LogP contribution in [-0.4, -0.2) is 36.6 Å². The van der Waals surface area contributed by atoms with Gasteiger partial charge in [0.25, 0.3) is 0 Å². The second-order valence-corrected chi connectivity index (χ2v) is 6.28. The van der Waals surface area contributed by atoms with Crippen molar-refractivity contribution in [2.75, 3.05) is 19.6 Å². The molecule has 5 nitrogen and oxygen atoms in total. The molecule has 114 valence electrons. The molecule has 0 aromatic carbocycles. The number of carbonyl (C=O) groups excluding carboxylic acids is 2. The molecule has 1 amide bonds. The first-order valence-corrected chi connectivity index (χ1v) is 7.20. The number of nitrogens with one attached hydrogen (secondary N) is 1. The third-order valence-corrected chi connectivity index (χ3v) is 3.44. The lowest BCUT2D eigenvalue weighted by atomic mass is 9.94. The Balaban J connectivity index is 2.21. The van der Waals surface area contributed by atoms with E-state index in [9.17, 15) is 9.59 Å². The van der Waals surface area contributed by atoms with E-state index < -0.39 is 5.41 Å². The summed E-state index contributed by atoms with van der Waals surface area (Å²) in [4.78, 5) is 28.2. The molecule has 0 aliphatic carbocycles. The molecule has 1 aliphatic rings. The van der Waals surface area contributed by atoms with Crippen molar-refractivity contribution in [3.05, 3.63) is 12.7 Å². The number of hydrogen-bond donors (Lipinski definition) is 1. The second kappa shape index (κ2) is 7.43. The summed E-state index contributed by atoms with van der Waals surface area (Å²) in [5, 5.41) is 4.54. The SMILES string of the molecule is C=CC(=O)NCCC1CCN(OC(=O)C(C)(C)C)CC1. The third kappa shape index (κ3) is 5.74. The minimum absolute atomic E-state index is 0.124. The van der Waals surface area contributed by atoms with Crippen molar-refractivity contribution in [3.8, 4) is 0 Å². The monoisotopic (exact) mass is 282 g/mol. The molecule has 1 aliphatic heterocycles. The molecule has 20 heavy (non-hydrogen) atoms. The number of piperidine rings is 1. The first kappa shape index (κ1) is 16.7. The summed E-state index contributed by atoms with van der Waals surface area (Å²) in [5.74, 6) is 0.264. The van der Waals surface area contributed by atoms with Crippen LogP contribution < -0.4 is 5.32 Å². The Hall–Kier alpha value is -1.36. The normalized spacial score (nSPS) is 17.6. The summed E-state index contributed by atoms with van der Waals surface area (Å²) in [6, 6.07) is 0. The largest absolute Gasteiger partial charge is 0.367 e. The summed E-state index contributed by atoms with van der Waals surface area (Å²) < 4.78 is 0. The molecule has 1 rings (SSSR count). The zero-order valence-corrected chi connectivity index (χ0v) is 12.8. The Morgan fingerprint density at radius 3 is 2.45 bits per heavy atom. The van der Waals surface area contributed by atoms with Crippen LogP contribution in [0.4, 0.5) is 0 Å². The molecule has 0 spiro atoms. The molecule has 1 N–H and O–H groups in total. The van der Waals surface area contributed by atoms with E-state index >= 15 is 0 Å². The predicted octanol–water partition coefficient (Wildman–Crippen LogP) is 1.89. The van der Waals surface area contributed by atoms with Gasteiger partial charge in [0.1, 0.15) is 0 Å². The van der Waals surface area contributed by atoms with Crippen molar-refractivity contribution in [3.63, 3.8) is 0 Å². The van der Waals surface area contributed by atoms with Gasteiger partial charge in [0.2, 0.25) is 5.91 Å². The van der Waals surface area contributed by atoms with Crippen LogP contribution in [0.15, 0.2) is 12.7 Å². The lowest BCUT2D eigenvalue weighted by molar-refractivity contribution is -0.206. The van der Waals surface area contributed by atoms with Crippen LogP contribution in [0.2, 0.25) is 0 Å². The van der Waals surface area contributed by atoms with Gasteiger partial charge < -0.3 is 10.2 Å². The van der Waals surface area contributed by atoms with Gasteiger partial charge in [-0.05, 0) is 52.0 Å². The maximum Gasteiger partial charge on any atom is 0.330 e. The topological polar surface area (TPSA) is 58.6 Å². The maximum absolute atomic E-state index is 11.8. The van der Waals surface area contributed by atoms with E-state index in [4.69, 9.17) is 4.84 Å². The highest BCUT2D eigenvalue weighted by Gasteiger charge is 2.28. The van der Waals surface area contributed by atoms with E-state index in [1.165, 1.54) is 6.08 Å². The Kier molecular flexibility index (Phi) is 6.20. The van der Waals surface area contributed by atoms with Gasteiger partial charge in [-0.15, -0.1) is 5.06 Å². The fourth-order valence-corrected chi connectivity index (χ4v) is 2.02. The van der Waals surface area contributed by atoms with Crippen LogP contribution in [0.5, 0.6) is 0 Å². The van der Waals surface area contributed by atoms with Crippen LogP contribution in [0.1, 0.15) is 40.0 Å². The fourth-order valence-electron chi connectivity index (χ4n) is 2.02. The van der Waals surface area contributed by atoms with Crippen molar-refractivity contribution < 1.29 is 14.4 Å². The molecule has 1 saturated heterocycles. The standard InChI is InChI=1S/C15H26N2O3/c1-5-13(18)16-9-6-12-7-10-17(11-8-12)20-14(19)15(2,3)4/h5,12H,1,6-11H2,2-4H3,(H,16,18). The predicted molar refractivity (Wildman–Crippen MR) is 77.7 cm³/mol. The Labute approximate surface area is 121 Å². The Bertz CT molecular complexity index is 353.